The van der Waals surface area contributed by atoms with Crippen LogP contribution in [0.3, 0.4) is 0 Å². The van der Waals surface area contributed by atoms with Crippen LogP contribution in [0.2, 0.25) is 0 Å². The van der Waals surface area contributed by atoms with Gasteiger partial charge in [-0.1, -0.05) is 53.8 Å². The zero-order valence-electron chi connectivity index (χ0n) is 15.0. The molecule has 7 heteroatoms. The van der Waals surface area contributed by atoms with Crippen molar-refractivity contribution >= 4 is 40.3 Å². The highest BCUT2D eigenvalue weighted by Gasteiger charge is 2.33. The van der Waals surface area contributed by atoms with Gasteiger partial charge in [-0.15, -0.1) is 0 Å². The summed E-state index contributed by atoms with van der Waals surface area (Å²) in [5.41, 5.74) is 2.22. The first-order valence-corrected chi connectivity index (χ1v) is 10.0. The Bertz CT molecular complexity index is 883. The molecule has 0 bridgehead atoms. The summed E-state index contributed by atoms with van der Waals surface area (Å²) in [6, 6.07) is 12.0. The third kappa shape index (κ3) is 4.16. The van der Waals surface area contributed by atoms with Crippen molar-refractivity contribution < 1.29 is 13.9 Å². The number of ether oxygens (including phenoxy) is 1. The number of aryl methyl sites for hydroxylation is 1. The van der Waals surface area contributed by atoms with Crippen LogP contribution in [0.4, 0.5) is 0 Å². The van der Waals surface area contributed by atoms with Crippen LogP contribution in [0, 0.1) is 6.92 Å². The van der Waals surface area contributed by atoms with Gasteiger partial charge in [0.15, 0.2) is 0 Å². The number of thiocarbonyl (C=S) groups is 1. The Morgan fingerprint density at radius 3 is 2.63 bits per heavy atom. The molecule has 0 atom stereocenters. The number of morpholine rings is 1. The van der Waals surface area contributed by atoms with Gasteiger partial charge in [-0.2, -0.15) is 0 Å². The van der Waals surface area contributed by atoms with E-state index in [4.69, 9.17) is 21.4 Å². The number of nitrogens with zero attached hydrogens (tertiary/aromatic N) is 2. The van der Waals surface area contributed by atoms with Crippen molar-refractivity contribution in [1.82, 2.24) is 9.80 Å². The number of benzene rings is 1. The average Bonchev–Trinajstić information content (AvgIpc) is 3.24. The molecule has 0 N–H and O–H groups in total. The first-order chi connectivity index (χ1) is 13.1. The second-order valence-electron chi connectivity index (χ2n) is 6.55. The normalized spacial score (nSPS) is 20.0. The number of carbonyl (C=O) groups excluding carboxylic acids is 1. The molecule has 3 heterocycles. The molecule has 2 aliphatic heterocycles. The molecule has 0 aliphatic carbocycles. The van der Waals surface area contributed by atoms with Crippen LogP contribution >= 0.6 is 24.0 Å². The number of thioether (sulfide) groups is 1. The number of hydrogen-bond acceptors (Lipinski definition) is 6. The molecule has 1 aromatic heterocycles. The average molecular weight is 401 g/mol. The molecule has 4 rings (SSSR count). The van der Waals surface area contributed by atoms with Crippen LogP contribution in [0.5, 0.6) is 0 Å². The van der Waals surface area contributed by atoms with Gasteiger partial charge in [0, 0.05) is 24.7 Å². The van der Waals surface area contributed by atoms with Gasteiger partial charge in [0.25, 0.3) is 5.91 Å². The fourth-order valence-electron chi connectivity index (χ4n) is 3.00. The molecule has 1 aromatic carbocycles. The Balaban J connectivity index is 1.48. The first-order valence-electron chi connectivity index (χ1n) is 8.82. The van der Waals surface area contributed by atoms with Crippen LogP contribution in [0.1, 0.15) is 11.3 Å². The largest absolute Gasteiger partial charge is 0.457 e. The number of amides is 1. The summed E-state index contributed by atoms with van der Waals surface area (Å²) in [4.78, 5) is 17.2. The fourth-order valence-corrected chi connectivity index (χ4v) is 4.22. The van der Waals surface area contributed by atoms with Crippen molar-refractivity contribution in [2.75, 3.05) is 33.0 Å². The highest BCUT2D eigenvalue weighted by Crippen LogP contribution is 2.33. The summed E-state index contributed by atoms with van der Waals surface area (Å²) in [6.45, 7) is 5.58. The van der Waals surface area contributed by atoms with Gasteiger partial charge in [0.2, 0.25) is 0 Å². The number of hydrogen-bond donors (Lipinski definition) is 0. The third-order valence-electron chi connectivity index (χ3n) is 4.55. The minimum absolute atomic E-state index is 0.0650. The molecule has 27 heavy (non-hydrogen) atoms. The maximum Gasteiger partial charge on any atom is 0.267 e. The molecule has 5 nitrogen and oxygen atoms in total. The topological polar surface area (TPSA) is 45.9 Å². The van der Waals surface area contributed by atoms with Gasteiger partial charge >= 0.3 is 0 Å². The summed E-state index contributed by atoms with van der Waals surface area (Å²) in [7, 11) is 0. The molecular formula is C20H20N2O3S2. The first kappa shape index (κ1) is 18.4. The van der Waals surface area contributed by atoms with Gasteiger partial charge in [0.1, 0.15) is 15.8 Å². The lowest BCUT2D eigenvalue weighted by molar-refractivity contribution is -0.124. The Morgan fingerprint density at radius 2 is 1.89 bits per heavy atom. The number of carbonyl (C=O) groups is 1. The van der Waals surface area contributed by atoms with Crippen molar-refractivity contribution in [1.29, 1.82) is 0 Å². The van der Waals surface area contributed by atoms with E-state index in [1.165, 1.54) is 17.3 Å². The Kier molecular flexibility index (Phi) is 5.45. The molecule has 2 saturated heterocycles. The molecule has 140 valence electrons. The Morgan fingerprint density at radius 1 is 1.15 bits per heavy atom. The van der Waals surface area contributed by atoms with E-state index >= 15 is 0 Å². The molecule has 0 saturated carbocycles. The second kappa shape index (κ2) is 7.98. The van der Waals surface area contributed by atoms with Crippen LogP contribution < -0.4 is 0 Å². The lowest BCUT2D eigenvalue weighted by Crippen LogP contribution is -2.45. The van der Waals surface area contributed by atoms with E-state index in [0.29, 0.717) is 34.9 Å². The van der Waals surface area contributed by atoms with E-state index < -0.39 is 0 Å². The second-order valence-corrected chi connectivity index (χ2v) is 8.23. The van der Waals surface area contributed by atoms with Crippen molar-refractivity contribution in [2.24, 2.45) is 0 Å². The maximum atomic E-state index is 12.8. The molecule has 0 unspecified atom stereocenters. The summed E-state index contributed by atoms with van der Waals surface area (Å²) in [5, 5.41) is 0. The zero-order valence-corrected chi connectivity index (χ0v) is 16.6. The van der Waals surface area contributed by atoms with E-state index in [1.54, 1.807) is 11.0 Å². The standard InChI is InChI=1S/C20H20N2O3S2/c1-14-2-4-15(5-3-14)17-7-6-16(25-17)12-18-19(23)22(20(26)27-18)13-21-8-10-24-11-9-21/h2-7,12H,8-11,13H2,1H3/b18-12+. The minimum atomic E-state index is -0.0650. The van der Waals surface area contributed by atoms with E-state index in [1.807, 2.05) is 36.4 Å². The van der Waals surface area contributed by atoms with E-state index in [0.717, 1.165) is 24.4 Å². The molecule has 1 amide bonds. The molecule has 2 aromatic rings. The highest BCUT2D eigenvalue weighted by atomic mass is 32.2. The lowest BCUT2D eigenvalue weighted by atomic mass is 10.1. The smallest absolute Gasteiger partial charge is 0.267 e. The van der Waals surface area contributed by atoms with Gasteiger partial charge in [-0.3, -0.25) is 14.6 Å². The number of furan rings is 1. The van der Waals surface area contributed by atoms with Crippen LogP contribution in [-0.4, -0.2) is 53.0 Å². The quantitative estimate of drug-likeness (QED) is 0.575. The van der Waals surface area contributed by atoms with Gasteiger partial charge in [-0.05, 0) is 19.1 Å². The summed E-state index contributed by atoms with van der Waals surface area (Å²) in [6.07, 6.45) is 1.77. The number of rotatable bonds is 4. The summed E-state index contributed by atoms with van der Waals surface area (Å²) in [5.74, 6) is 1.37. The molecule has 2 fully saturated rings. The maximum absolute atomic E-state index is 12.8. The molecule has 2 aliphatic rings. The molecule has 0 spiro atoms. The predicted molar refractivity (Wildman–Crippen MR) is 111 cm³/mol. The zero-order chi connectivity index (χ0) is 18.8. The van der Waals surface area contributed by atoms with Crippen molar-refractivity contribution in [3.05, 3.63) is 52.6 Å². The fraction of sp³-hybridized carbons (Fsp3) is 0.300. The third-order valence-corrected chi connectivity index (χ3v) is 5.93. The highest BCUT2D eigenvalue weighted by molar-refractivity contribution is 8.26. The van der Waals surface area contributed by atoms with Gasteiger partial charge in [0.05, 0.1) is 24.8 Å². The summed E-state index contributed by atoms with van der Waals surface area (Å²) < 4.78 is 11.9. The monoisotopic (exact) mass is 400 g/mol. The minimum Gasteiger partial charge on any atom is -0.457 e. The van der Waals surface area contributed by atoms with Crippen molar-refractivity contribution in [3.8, 4) is 11.3 Å². The van der Waals surface area contributed by atoms with E-state index in [-0.39, 0.29) is 5.91 Å². The lowest BCUT2D eigenvalue weighted by Gasteiger charge is -2.29. The predicted octanol–water partition coefficient (Wildman–Crippen LogP) is 3.75. The van der Waals surface area contributed by atoms with Crippen LogP contribution in [0.25, 0.3) is 17.4 Å². The SMILES string of the molecule is Cc1ccc(-c2ccc(/C=C3/SC(=S)N(CN4CCOCC4)C3=O)o2)cc1. The molecule has 0 radical (unpaired) electrons. The van der Waals surface area contributed by atoms with E-state index in [2.05, 4.69) is 11.8 Å². The van der Waals surface area contributed by atoms with Gasteiger partial charge in [-0.25, -0.2) is 0 Å². The van der Waals surface area contributed by atoms with Crippen molar-refractivity contribution in [2.45, 2.75) is 6.92 Å². The van der Waals surface area contributed by atoms with Gasteiger partial charge < -0.3 is 9.15 Å². The van der Waals surface area contributed by atoms with Crippen LogP contribution in [-0.2, 0) is 9.53 Å². The van der Waals surface area contributed by atoms with Crippen molar-refractivity contribution in [3.63, 3.8) is 0 Å². The summed E-state index contributed by atoms with van der Waals surface area (Å²) >= 11 is 6.74. The molecular weight excluding hydrogens is 380 g/mol. The Labute approximate surface area is 168 Å². The van der Waals surface area contributed by atoms with E-state index in [9.17, 15) is 4.79 Å². The van der Waals surface area contributed by atoms with Crippen LogP contribution in [0.15, 0.2) is 45.7 Å². The Hall–Kier alpha value is -1.93.